The standard InChI is InChI=1S/C8H9F2NOS/c1-2-13(12)6-4-3-5(11)7(9)8(6)10/h3-4H,2,11H2,1H3. The molecule has 0 saturated heterocycles. The second-order valence-electron chi connectivity index (χ2n) is 2.42. The minimum Gasteiger partial charge on any atom is -0.396 e. The van der Waals surface area contributed by atoms with Crippen LogP contribution in [0.2, 0.25) is 0 Å². The van der Waals surface area contributed by atoms with E-state index in [0.29, 0.717) is 0 Å². The van der Waals surface area contributed by atoms with Crippen molar-refractivity contribution in [3.05, 3.63) is 23.8 Å². The van der Waals surface area contributed by atoms with Gasteiger partial charge >= 0.3 is 0 Å². The number of hydrogen-bond acceptors (Lipinski definition) is 2. The third kappa shape index (κ3) is 1.85. The minimum absolute atomic E-state index is 0.130. The number of nitrogens with two attached hydrogens (primary N) is 1. The summed E-state index contributed by atoms with van der Waals surface area (Å²) in [6, 6.07) is 2.45. The normalized spacial score (nSPS) is 12.8. The summed E-state index contributed by atoms with van der Waals surface area (Å²) >= 11 is 0. The van der Waals surface area contributed by atoms with Crippen LogP contribution >= 0.6 is 0 Å². The largest absolute Gasteiger partial charge is 0.396 e. The zero-order valence-electron chi connectivity index (χ0n) is 7.01. The maximum atomic E-state index is 13.1. The van der Waals surface area contributed by atoms with Gasteiger partial charge in [-0.25, -0.2) is 8.78 Å². The molecule has 1 unspecified atom stereocenters. The van der Waals surface area contributed by atoms with Crippen LogP contribution in [0.25, 0.3) is 0 Å². The lowest BCUT2D eigenvalue weighted by molar-refractivity contribution is 0.493. The van der Waals surface area contributed by atoms with Crippen LogP contribution in [0.5, 0.6) is 0 Å². The molecule has 72 valence electrons. The molecule has 1 atom stereocenters. The van der Waals surface area contributed by atoms with Gasteiger partial charge < -0.3 is 5.73 Å². The fraction of sp³-hybridized carbons (Fsp3) is 0.250. The van der Waals surface area contributed by atoms with Crippen molar-refractivity contribution in [1.29, 1.82) is 0 Å². The van der Waals surface area contributed by atoms with Gasteiger partial charge in [0.05, 0.1) is 21.4 Å². The molecule has 0 amide bonds. The molecule has 0 bridgehead atoms. The molecule has 0 fully saturated rings. The predicted octanol–water partition coefficient (Wildman–Crippen LogP) is 1.67. The molecule has 0 spiro atoms. The monoisotopic (exact) mass is 205 g/mol. The van der Waals surface area contributed by atoms with Gasteiger partial charge in [-0.3, -0.25) is 4.21 Å². The van der Waals surface area contributed by atoms with E-state index in [9.17, 15) is 13.0 Å². The van der Waals surface area contributed by atoms with Crippen molar-refractivity contribution < 1.29 is 13.0 Å². The smallest absolute Gasteiger partial charge is 0.182 e. The van der Waals surface area contributed by atoms with Gasteiger partial charge in [-0.05, 0) is 12.1 Å². The molecule has 2 nitrogen and oxygen atoms in total. The predicted molar refractivity (Wildman–Crippen MR) is 47.7 cm³/mol. The lowest BCUT2D eigenvalue weighted by Crippen LogP contribution is -2.02. The summed E-state index contributed by atoms with van der Waals surface area (Å²) in [6.07, 6.45) is 0. The fourth-order valence-electron chi connectivity index (χ4n) is 0.878. The van der Waals surface area contributed by atoms with Crippen molar-refractivity contribution in [2.75, 3.05) is 11.5 Å². The summed E-state index contributed by atoms with van der Waals surface area (Å²) in [7, 11) is -1.49. The van der Waals surface area contributed by atoms with Crippen LogP contribution in [-0.2, 0) is 10.8 Å². The van der Waals surface area contributed by atoms with Crippen LogP contribution in [0.15, 0.2) is 17.0 Å². The number of anilines is 1. The Morgan fingerprint density at radius 1 is 1.38 bits per heavy atom. The summed E-state index contributed by atoms with van der Waals surface area (Å²) in [5, 5.41) is 0. The van der Waals surface area contributed by atoms with Gasteiger partial charge in [0.25, 0.3) is 0 Å². The first-order chi connectivity index (χ1) is 6.07. The Labute approximate surface area is 77.2 Å². The average Bonchev–Trinajstić information content (AvgIpc) is 2.13. The van der Waals surface area contributed by atoms with E-state index in [0.717, 1.165) is 0 Å². The summed E-state index contributed by atoms with van der Waals surface area (Å²) in [5.74, 6) is -1.99. The van der Waals surface area contributed by atoms with E-state index in [4.69, 9.17) is 5.73 Å². The van der Waals surface area contributed by atoms with Gasteiger partial charge in [0.2, 0.25) is 0 Å². The van der Waals surface area contributed by atoms with E-state index in [1.54, 1.807) is 6.92 Å². The number of halogens is 2. The third-order valence-corrected chi connectivity index (χ3v) is 2.91. The fourth-order valence-corrected chi connectivity index (χ4v) is 1.70. The highest BCUT2D eigenvalue weighted by Gasteiger charge is 2.14. The van der Waals surface area contributed by atoms with Gasteiger partial charge in [0, 0.05) is 5.75 Å². The first-order valence-corrected chi connectivity index (χ1v) is 5.01. The Bertz CT molecular complexity index is 354. The Morgan fingerprint density at radius 2 is 2.00 bits per heavy atom. The number of hydrogen-bond donors (Lipinski definition) is 1. The molecule has 1 aromatic carbocycles. The maximum absolute atomic E-state index is 13.1. The summed E-state index contributed by atoms with van der Waals surface area (Å²) in [4.78, 5) is -0.130. The third-order valence-electron chi connectivity index (χ3n) is 1.58. The van der Waals surface area contributed by atoms with Crippen LogP contribution in [0.3, 0.4) is 0 Å². The second-order valence-corrected chi connectivity index (χ2v) is 4.12. The van der Waals surface area contributed by atoms with Crippen molar-refractivity contribution in [1.82, 2.24) is 0 Å². The van der Waals surface area contributed by atoms with Gasteiger partial charge in [-0.2, -0.15) is 0 Å². The Balaban J connectivity index is 3.26. The highest BCUT2D eigenvalue weighted by molar-refractivity contribution is 7.85. The Morgan fingerprint density at radius 3 is 2.54 bits per heavy atom. The van der Waals surface area contributed by atoms with E-state index < -0.39 is 22.4 Å². The molecule has 2 N–H and O–H groups in total. The van der Waals surface area contributed by atoms with Crippen LogP contribution in [0.1, 0.15) is 6.92 Å². The van der Waals surface area contributed by atoms with E-state index in [-0.39, 0.29) is 16.3 Å². The number of benzene rings is 1. The van der Waals surface area contributed by atoms with Gasteiger partial charge in [-0.15, -0.1) is 0 Å². The van der Waals surface area contributed by atoms with Crippen molar-refractivity contribution in [3.63, 3.8) is 0 Å². The van der Waals surface area contributed by atoms with Gasteiger partial charge in [0.15, 0.2) is 11.6 Å². The van der Waals surface area contributed by atoms with Crippen LogP contribution in [0.4, 0.5) is 14.5 Å². The molecule has 0 aromatic heterocycles. The van der Waals surface area contributed by atoms with Crippen molar-refractivity contribution in [2.24, 2.45) is 0 Å². The van der Waals surface area contributed by atoms with Gasteiger partial charge in [-0.1, -0.05) is 6.92 Å². The van der Waals surface area contributed by atoms with Crippen LogP contribution < -0.4 is 5.73 Å². The molecule has 1 aromatic rings. The van der Waals surface area contributed by atoms with E-state index in [1.165, 1.54) is 12.1 Å². The van der Waals surface area contributed by atoms with Crippen molar-refractivity contribution in [3.8, 4) is 0 Å². The van der Waals surface area contributed by atoms with Crippen molar-refractivity contribution in [2.45, 2.75) is 11.8 Å². The first kappa shape index (κ1) is 10.1. The molecular weight excluding hydrogens is 196 g/mol. The van der Waals surface area contributed by atoms with E-state index >= 15 is 0 Å². The summed E-state index contributed by atoms with van der Waals surface area (Å²) in [6.45, 7) is 1.63. The molecule has 0 heterocycles. The molecule has 0 radical (unpaired) electrons. The summed E-state index contributed by atoms with van der Waals surface area (Å²) < 4.78 is 37.1. The Hall–Kier alpha value is -0.970. The zero-order chi connectivity index (χ0) is 10.0. The molecule has 0 aliphatic carbocycles. The molecular formula is C8H9F2NOS. The molecule has 0 saturated carbocycles. The van der Waals surface area contributed by atoms with E-state index in [2.05, 4.69) is 0 Å². The number of nitrogen functional groups attached to an aromatic ring is 1. The first-order valence-electron chi connectivity index (χ1n) is 3.69. The highest BCUT2D eigenvalue weighted by atomic mass is 32.2. The van der Waals surface area contributed by atoms with Crippen LogP contribution in [-0.4, -0.2) is 9.96 Å². The average molecular weight is 205 g/mol. The Kier molecular flexibility index (Phi) is 2.98. The molecule has 0 aliphatic heterocycles. The SMILES string of the molecule is CCS(=O)c1ccc(N)c(F)c1F. The molecule has 0 aliphatic rings. The number of rotatable bonds is 2. The minimum atomic E-state index is -1.49. The maximum Gasteiger partial charge on any atom is 0.182 e. The van der Waals surface area contributed by atoms with Gasteiger partial charge in [0.1, 0.15) is 0 Å². The molecule has 1 rings (SSSR count). The molecule has 5 heteroatoms. The zero-order valence-corrected chi connectivity index (χ0v) is 7.83. The highest BCUT2D eigenvalue weighted by Crippen LogP contribution is 2.20. The summed E-state index contributed by atoms with van der Waals surface area (Å²) in [5.41, 5.74) is 4.85. The quantitative estimate of drug-likeness (QED) is 0.746. The lowest BCUT2D eigenvalue weighted by atomic mass is 10.3. The van der Waals surface area contributed by atoms with E-state index in [1.807, 2.05) is 0 Å². The lowest BCUT2D eigenvalue weighted by Gasteiger charge is -2.03. The van der Waals surface area contributed by atoms with Crippen LogP contribution in [0, 0.1) is 11.6 Å². The second kappa shape index (κ2) is 3.83. The topological polar surface area (TPSA) is 43.1 Å². The molecule has 13 heavy (non-hydrogen) atoms. The van der Waals surface area contributed by atoms with Crippen molar-refractivity contribution >= 4 is 16.5 Å².